The molecule has 1 aliphatic rings. The zero-order valence-corrected chi connectivity index (χ0v) is 10.6. The number of benzene rings is 1. The van der Waals surface area contributed by atoms with Crippen molar-refractivity contribution in [2.75, 3.05) is 18.8 Å². The molecule has 1 aromatic carbocycles. The molecule has 0 atom stereocenters. The van der Waals surface area contributed by atoms with E-state index in [-0.39, 0.29) is 0 Å². The summed E-state index contributed by atoms with van der Waals surface area (Å²) in [4.78, 5) is 1.09. The van der Waals surface area contributed by atoms with Crippen molar-refractivity contribution in [3.05, 3.63) is 28.2 Å². The van der Waals surface area contributed by atoms with Crippen molar-refractivity contribution < 1.29 is 0 Å². The first-order valence-corrected chi connectivity index (χ1v) is 6.78. The van der Waals surface area contributed by atoms with Gasteiger partial charge in [-0.2, -0.15) is 0 Å². The maximum Gasteiger partial charge on any atom is 0.0542 e. The largest absolute Gasteiger partial charge is 0.316 e. The third-order valence-electron chi connectivity index (χ3n) is 2.54. The van der Waals surface area contributed by atoms with Crippen LogP contribution in [-0.2, 0) is 0 Å². The van der Waals surface area contributed by atoms with Crippen LogP contribution >= 0.6 is 35.0 Å². The summed E-state index contributed by atoms with van der Waals surface area (Å²) in [5.41, 5.74) is 0. The van der Waals surface area contributed by atoms with E-state index in [9.17, 15) is 0 Å². The van der Waals surface area contributed by atoms with E-state index in [0.717, 1.165) is 26.6 Å². The quantitative estimate of drug-likeness (QED) is 0.830. The molecule has 1 nitrogen and oxygen atoms in total. The van der Waals surface area contributed by atoms with Crippen LogP contribution in [0.5, 0.6) is 0 Å². The first kappa shape index (κ1) is 11.6. The van der Waals surface area contributed by atoms with Gasteiger partial charge in [0.15, 0.2) is 0 Å². The number of thioether (sulfide) groups is 1. The highest BCUT2D eigenvalue weighted by Gasteiger charge is 2.16. The molecule has 1 aliphatic heterocycles. The molecule has 1 N–H and O–H groups in total. The normalized spacial score (nSPS) is 16.4. The van der Waals surface area contributed by atoms with E-state index in [1.54, 1.807) is 11.8 Å². The Morgan fingerprint density at radius 3 is 2.80 bits per heavy atom. The van der Waals surface area contributed by atoms with Gasteiger partial charge in [-0.3, -0.25) is 0 Å². The fourth-order valence-electron chi connectivity index (χ4n) is 1.48. The van der Waals surface area contributed by atoms with E-state index < -0.39 is 0 Å². The first-order valence-electron chi connectivity index (χ1n) is 5.04. The molecule has 0 unspecified atom stereocenters. The lowest BCUT2D eigenvalue weighted by Crippen LogP contribution is -2.42. The molecule has 4 heteroatoms. The van der Waals surface area contributed by atoms with Crippen LogP contribution in [0.4, 0.5) is 0 Å². The number of nitrogens with one attached hydrogen (secondary N) is 1. The van der Waals surface area contributed by atoms with Crippen LogP contribution < -0.4 is 5.32 Å². The van der Waals surface area contributed by atoms with Crippen molar-refractivity contribution >= 4 is 35.0 Å². The minimum absolute atomic E-state index is 0.757. The average molecular weight is 262 g/mol. The SMILES string of the molecule is Clc1ccc(Cl)c(SCCC2CNC2)c1. The summed E-state index contributed by atoms with van der Waals surface area (Å²) < 4.78 is 0. The standard InChI is InChI=1S/C11H13Cl2NS/c12-9-1-2-10(13)11(5-9)15-4-3-8-6-14-7-8/h1-2,5,8,14H,3-4,6-7H2. The number of rotatable bonds is 4. The summed E-state index contributed by atoms with van der Waals surface area (Å²) in [5, 5.41) is 4.83. The summed E-state index contributed by atoms with van der Waals surface area (Å²) >= 11 is 13.8. The number of hydrogen-bond donors (Lipinski definition) is 1. The van der Waals surface area contributed by atoms with Gasteiger partial charge < -0.3 is 5.32 Å². The molecular weight excluding hydrogens is 249 g/mol. The van der Waals surface area contributed by atoms with E-state index in [4.69, 9.17) is 23.2 Å². The van der Waals surface area contributed by atoms with E-state index in [0.29, 0.717) is 0 Å². The van der Waals surface area contributed by atoms with Gasteiger partial charge in [0.1, 0.15) is 0 Å². The second-order valence-corrected chi connectivity index (χ2v) is 5.72. The summed E-state index contributed by atoms with van der Waals surface area (Å²) in [6, 6.07) is 5.62. The van der Waals surface area contributed by atoms with E-state index >= 15 is 0 Å². The zero-order chi connectivity index (χ0) is 10.7. The highest BCUT2D eigenvalue weighted by atomic mass is 35.5. The highest BCUT2D eigenvalue weighted by Crippen LogP contribution is 2.31. The molecule has 0 saturated carbocycles. The first-order chi connectivity index (χ1) is 7.25. The number of halogens is 2. The van der Waals surface area contributed by atoms with Crippen LogP contribution in [0, 0.1) is 5.92 Å². The van der Waals surface area contributed by atoms with Crippen LogP contribution in [-0.4, -0.2) is 18.8 Å². The van der Waals surface area contributed by atoms with Gasteiger partial charge in [-0.05, 0) is 49.4 Å². The van der Waals surface area contributed by atoms with Gasteiger partial charge in [0, 0.05) is 9.92 Å². The van der Waals surface area contributed by atoms with E-state index in [1.165, 1.54) is 19.5 Å². The molecule has 82 valence electrons. The minimum atomic E-state index is 0.757. The van der Waals surface area contributed by atoms with Crippen molar-refractivity contribution in [2.45, 2.75) is 11.3 Å². The summed E-state index contributed by atoms with van der Waals surface area (Å²) in [7, 11) is 0. The molecule has 0 radical (unpaired) electrons. The minimum Gasteiger partial charge on any atom is -0.316 e. The maximum atomic E-state index is 6.07. The Kier molecular flexibility index (Phi) is 4.21. The Morgan fingerprint density at radius 2 is 2.13 bits per heavy atom. The Balaban J connectivity index is 1.83. The predicted octanol–water partition coefficient (Wildman–Crippen LogP) is 3.70. The molecule has 0 aromatic heterocycles. The molecule has 0 aliphatic carbocycles. The maximum absolute atomic E-state index is 6.07. The van der Waals surface area contributed by atoms with Gasteiger partial charge in [-0.1, -0.05) is 23.2 Å². The molecule has 1 aromatic rings. The monoisotopic (exact) mass is 261 g/mol. The van der Waals surface area contributed by atoms with Crippen LogP contribution in [0.3, 0.4) is 0 Å². The molecular formula is C11H13Cl2NS. The molecule has 1 saturated heterocycles. The molecule has 0 spiro atoms. The van der Waals surface area contributed by atoms with E-state index in [2.05, 4.69) is 5.32 Å². The topological polar surface area (TPSA) is 12.0 Å². The third kappa shape index (κ3) is 3.28. The van der Waals surface area contributed by atoms with E-state index in [1.807, 2.05) is 18.2 Å². The third-order valence-corrected chi connectivity index (χ3v) is 4.31. The molecule has 1 fully saturated rings. The van der Waals surface area contributed by atoms with Gasteiger partial charge in [-0.25, -0.2) is 0 Å². The van der Waals surface area contributed by atoms with Gasteiger partial charge in [-0.15, -0.1) is 11.8 Å². The zero-order valence-electron chi connectivity index (χ0n) is 8.30. The van der Waals surface area contributed by atoms with Gasteiger partial charge >= 0.3 is 0 Å². The van der Waals surface area contributed by atoms with Crippen LogP contribution in [0.15, 0.2) is 23.1 Å². The van der Waals surface area contributed by atoms with Crippen LogP contribution in [0.1, 0.15) is 6.42 Å². The van der Waals surface area contributed by atoms with Gasteiger partial charge in [0.2, 0.25) is 0 Å². The molecule has 2 rings (SSSR count). The lowest BCUT2D eigenvalue weighted by Gasteiger charge is -2.26. The number of hydrogen-bond acceptors (Lipinski definition) is 2. The van der Waals surface area contributed by atoms with Crippen LogP contribution in [0.25, 0.3) is 0 Å². The summed E-state index contributed by atoms with van der Waals surface area (Å²) in [6.45, 7) is 2.34. The predicted molar refractivity (Wildman–Crippen MR) is 68.2 cm³/mol. The van der Waals surface area contributed by atoms with Crippen molar-refractivity contribution in [3.63, 3.8) is 0 Å². The summed E-state index contributed by atoms with van der Waals surface area (Å²) in [5.74, 6) is 1.97. The summed E-state index contributed by atoms with van der Waals surface area (Å²) in [6.07, 6.45) is 1.25. The van der Waals surface area contributed by atoms with Crippen molar-refractivity contribution in [2.24, 2.45) is 5.92 Å². The lowest BCUT2D eigenvalue weighted by molar-refractivity contribution is 0.341. The van der Waals surface area contributed by atoms with Crippen molar-refractivity contribution in [1.82, 2.24) is 5.32 Å². The molecule has 0 bridgehead atoms. The van der Waals surface area contributed by atoms with Gasteiger partial charge in [0.25, 0.3) is 0 Å². The van der Waals surface area contributed by atoms with Crippen molar-refractivity contribution in [3.8, 4) is 0 Å². The lowest BCUT2D eigenvalue weighted by atomic mass is 10.0. The van der Waals surface area contributed by atoms with Gasteiger partial charge in [0.05, 0.1) is 5.02 Å². The Labute approximate surface area is 105 Å². The smallest absolute Gasteiger partial charge is 0.0542 e. The Morgan fingerprint density at radius 1 is 1.33 bits per heavy atom. The molecule has 0 amide bonds. The second kappa shape index (κ2) is 5.44. The van der Waals surface area contributed by atoms with Crippen LogP contribution in [0.2, 0.25) is 10.0 Å². The Bertz CT molecular complexity index is 339. The fraction of sp³-hybridized carbons (Fsp3) is 0.455. The van der Waals surface area contributed by atoms with Crippen molar-refractivity contribution in [1.29, 1.82) is 0 Å². The highest BCUT2D eigenvalue weighted by molar-refractivity contribution is 7.99. The Hall–Kier alpha value is 0.110. The fourth-order valence-corrected chi connectivity index (χ4v) is 3.08. The molecule has 15 heavy (non-hydrogen) atoms. The molecule has 1 heterocycles. The second-order valence-electron chi connectivity index (χ2n) is 3.74. The average Bonchev–Trinajstić information content (AvgIpc) is 2.15.